The molecule has 26 heavy (non-hydrogen) atoms. The van der Waals surface area contributed by atoms with Crippen LogP contribution in [0.25, 0.3) is 11.3 Å². The summed E-state index contributed by atoms with van der Waals surface area (Å²) in [5.41, 5.74) is 2.20. The van der Waals surface area contributed by atoms with Crippen LogP contribution in [0.4, 0.5) is 0 Å². The summed E-state index contributed by atoms with van der Waals surface area (Å²) in [5.74, 6) is -0.333. The van der Waals surface area contributed by atoms with Gasteiger partial charge >= 0.3 is 5.97 Å². The van der Waals surface area contributed by atoms with Gasteiger partial charge in [0.1, 0.15) is 25.6 Å². The molecule has 130 valence electrons. The summed E-state index contributed by atoms with van der Waals surface area (Å²) in [7, 11) is 5.83. The van der Waals surface area contributed by atoms with Gasteiger partial charge in [0.2, 0.25) is 0 Å². The van der Waals surface area contributed by atoms with Crippen molar-refractivity contribution in [2.75, 3.05) is 6.61 Å². The first kappa shape index (κ1) is 18.4. The molecule has 8 heteroatoms. The third kappa shape index (κ3) is 4.21. The van der Waals surface area contributed by atoms with Gasteiger partial charge in [0.25, 0.3) is 0 Å². The highest BCUT2D eigenvalue weighted by Crippen LogP contribution is 2.31. The molecule has 0 bridgehead atoms. The molecule has 0 aliphatic heterocycles. The number of benzene rings is 2. The molecule has 0 atom stereocenters. The van der Waals surface area contributed by atoms with E-state index in [4.69, 9.17) is 45.3 Å². The lowest BCUT2D eigenvalue weighted by Gasteiger charge is -2.09. The molecule has 0 saturated heterocycles. The number of carboxylic acids is 1. The van der Waals surface area contributed by atoms with E-state index in [1.165, 1.54) is 6.26 Å². The molecule has 0 aliphatic carbocycles. The molecule has 0 fully saturated rings. The van der Waals surface area contributed by atoms with Gasteiger partial charge in [-0.05, 0) is 23.8 Å². The number of hydrogen-bond acceptors (Lipinski definition) is 4. The maximum absolute atomic E-state index is 10.7. The van der Waals surface area contributed by atoms with Gasteiger partial charge in [0.05, 0.1) is 6.42 Å². The van der Waals surface area contributed by atoms with E-state index >= 15 is 0 Å². The molecule has 2 radical (unpaired) electrons. The summed E-state index contributed by atoms with van der Waals surface area (Å²) >= 11 is 12.3. The van der Waals surface area contributed by atoms with E-state index in [0.29, 0.717) is 50.4 Å². The fourth-order valence-corrected chi connectivity index (χ4v) is 2.91. The van der Waals surface area contributed by atoms with Crippen LogP contribution in [-0.2, 0) is 11.2 Å². The van der Waals surface area contributed by atoms with E-state index in [-0.39, 0.29) is 0 Å². The Hall–Kier alpha value is -2.44. The number of rotatable bonds is 6. The summed E-state index contributed by atoms with van der Waals surface area (Å²) in [5, 5.41) is 9.84. The minimum Gasteiger partial charge on any atom is -0.481 e. The number of halogens is 2. The van der Waals surface area contributed by atoms with Crippen LogP contribution in [0.5, 0.6) is 5.75 Å². The van der Waals surface area contributed by atoms with Gasteiger partial charge in [-0.25, -0.2) is 9.78 Å². The highest BCUT2D eigenvalue weighted by molar-refractivity contribution is 6.36. The first-order chi connectivity index (χ1) is 12.4. The predicted molar refractivity (Wildman–Crippen MR) is 99.7 cm³/mol. The Morgan fingerprint density at radius 3 is 2.65 bits per heavy atom. The van der Waals surface area contributed by atoms with Crippen LogP contribution in [0.1, 0.15) is 11.5 Å². The van der Waals surface area contributed by atoms with E-state index in [2.05, 4.69) is 4.98 Å². The largest absolute Gasteiger partial charge is 0.481 e. The topological polar surface area (TPSA) is 72.6 Å². The summed E-state index contributed by atoms with van der Waals surface area (Å²) < 4.78 is 10.8. The van der Waals surface area contributed by atoms with Crippen LogP contribution in [0.2, 0.25) is 10.0 Å². The molecule has 5 nitrogen and oxygen atoms in total. The van der Waals surface area contributed by atoms with Gasteiger partial charge in [0, 0.05) is 15.6 Å². The Morgan fingerprint density at radius 1 is 1.23 bits per heavy atom. The standard InChI is InChI=1S/C18H12BCl2NO4/c19-10-4-5-16(25-9-18(23)24)12(6-10)15-8-26-17(22-15)7-11-13(20)2-1-3-14(11)21/h1-6,8H,7,9H2,(H,23,24). The number of ether oxygens (including phenoxy) is 1. The number of aromatic nitrogens is 1. The average molecular weight is 388 g/mol. The van der Waals surface area contributed by atoms with Gasteiger partial charge in [-0.2, -0.15) is 0 Å². The summed E-state index contributed by atoms with van der Waals surface area (Å²) in [4.78, 5) is 15.2. The summed E-state index contributed by atoms with van der Waals surface area (Å²) in [6, 6.07) is 10.1. The fraction of sp³-hybridized carbons (Fsp3) is 0.111. The second-order valence-electron chi connectivity index (χ2n) is 5.44. The minimum absolute atomic E-state index is 0.312. The Balaban J connectivity index is 1.90. The third-order valence-corrected chi connectivity index (χ3v) is 4.28. The van der Waals surface area contributed by atoms with Gasteiger partial charge in [-0.1, -0.05) is 46.9 Å². The van der Waals surface area contributed by atoms with Crippen molar-refractivity contribution in [3.8, 4) is 17.0 Å². The smallest absolute Gasteiger partial charge is 0.341 e. The predicted octanol–water partition coefficient (Wildman–Crippen LogP) is 3.50. The second kappa shape index (κ2) is 7.85. The molecule has 1 N–H and O–H groups in total. The maximum atomic E-state index is 10.7. The molecule has 0 aliphatic rings. The second-order valence-corrected chi connectivity index (χ2v) is 6.26. The highest BCUT2D eigenvalue weighted by Gasteiger charge is 2.15. The average Bonchev–Trinajstić information content (AvgIpc) is 3.05. The molecule has 1 aromatic heterocycles. The Labute approximate surface area is 160 Å². The van der Waals surface area contributed by atoms with Crippen molar-refractivity contribution in [3.05, 3.63) is 64.2 Å². The molecule has 2 aromatic carbocycles. The molecule has 3 rings (SSSR count). The third-order valence-electron chi connectivity index (χ3n) is 3.57. The maximum Gasteiger partial charge on any atom is 0.341 e. The molecule has 0 saturated carbocycles. The summed E-state index contributed by atoms with van der Waals surface area (Å²) in [6.45, 7) is -0.475. The van der Waals surface area contributed by atoms with Crippen LogP contribution >= 0.6 is 23.2 Å². The van der Waals surface area contributed by atoms with E-state index < -0.39 is 12.6 Å². The van der Waals surface area contributed by atoms with Crippen LogP contribution in [0.3, 0.4) is 0 Å². The van der Waals surface area contributed by atoms with E-state index in [0.717, 1.165) is 0 Å². The van der Waals surface area contributed by atoms with E-state index in [1.807, 2.05) is 0 Å². The molecule has 3 aromatic rings. The van der Waals surface area contributed by atoms with Crippen molar-refractivity contribution in [3.63, 3.8) is 0 Å². The molecule has 0 spiro atoms. The monoisotopic (exact) mass is 387 g/mol. The number of carbonyl (C=O) groups is 1. The molecule has 0 amide bonds. The molecular formula is C18H12BCl2NO4. The zero-order chi connectivity index (χ0) is 18.7. The quantitative estimate of drug-likeness (QED) is 0.655. The van der Waals surface area contributed by atoms with E-state index in [9.17, 15) is 4.79 Å². The normalized spacial score (nSPS) is 10.7. The van der Waals surface area contributed by atoms with Crippen molar-refractivity contribution >= 4 is 42.5 Å². The number of hydrogen-bond donors (Lipinski definition) is 1. The molecule has 1 heterocycles. The Kier molecular flexibility index (Phi) is 5.54. The number of aliphatic carboxylic acids is 1. The Bertz CT molecular complexity index is 938. The van der Waals surface area contributed by atoms with Gasteiger partial charge in [-0.15, -0.1) is 0 Å². The fourth-order valence-electron chi connectivity index (χ4n) is 2.38. The zero-order valence-corrected chi connectivity index (χ0v) is 14.9. The lowest BCUT2D eigenvalue weighted by molar-refractivity contribution is -0.139. The Morgan fingerprint density at radius 2 is 1.96 bits per heavy atom. The van der Waals surface area contributed by atoms with E-state index in [1.54, 1.807) is 36.4 Å². The molecule has 0 unspecified atom stereocenters. The van der Waals surface area contributed by atoms with Crippen LogP contribution < -0.4 is 10.2 Å². The van der Waals surface area contributed by atoms with Crippen molar-refractivity contribution < 1.29 is 19.1 Å². The first-order valence-corrected chi connectivity index (χ1v) is 8.31. The minimum atomic E-state index is -1.08. The van der Waals surface area contributed by atoms with Crippen molar-refractivity contribution in [1.82, 2.24) is 4.98 Å². The zero-order valence-electron chi connectivity index (χ0n) is 13.4. The van der Waals surface area contributed by atoms with Crippen molar-refractivity contribution in [2.24, 2.45) is 0 Å². The lowest BCUT2D eigenvalue weighted by atomic mass is 9.93. The van der Waals surface area contributed by atoms with Crippen LogP contribution in [0.15, 0.2) is 47.1 Å². The summed E-state index contributed by atoms with van der Waals surface area (Å²) in [6.07, 6.45) is 1.76. The van der Waals surface area contributed by atoms with Crippen LogP contribution in [0, 0.1) is 0 Å². The van der Waals surface area contributed by atoms with Gasteiger partial charge in [0.15, 0.2) is 12.5 Å². The SMILES string of the molecule is [B]c1ccc(OCC(=O)O)c(-c2coc(Cc3c(Cl)cccc3Cl)n2)c1. The lowest BCUT2D eigenvalue weighted by Crippen LogP contribution is -2.11. The highest BCUT2D eigenvalue weighted by atomic mass is 35.5. The van der Waals surface area contributed by atoms with Gasteiger partial charge < -0.3 is 14.3 Å². The van der Waals surface area contributed by atoms with Crippen LogP contribution in [-0.4, -0.2) is 30.5 Å². The number of nitrogens with zero attached hydrogens (tertiary/aromatic N) is 1. The van der Waals surface area contributed by atoms with Crippen molar-refractivity contribution in [2.45, 2.75) is 6.42 Å². The van der Waals surface area contributed by atoms with Gasteiger partial charge in [-0.3, -0.25) is 0 Å². The number of oxazole rings is 1. The molecular weight excluding hydrogens is 376 g/mol. The first-order valence-electron chi connectivity index (χ1n) is 7.56. The van der Waals surface area contributed by atoms with Crippen molar-refractivity contribution in [1.29, 1.82) is 0 Å². The number of carboxylic acid groups (broad SMARTS) is 1.